The van der Waals surface area contributed by atoms with Gasteiger partial charge in [0.1, 0.15) is 17.2 Å². The van der Waals surface area contributed by atoms with Crippen molar-refractivity contribution in [1.29, 1.82) is 0 Å². The monoisotopic (exact) mass is 268 g/mol. The molecule has 2 unspecified atom stereocenters. The number of carboxylic acids is 1. The summed E-state index contributed by atoms with van der Waals surface area (Å²) in [5.41, 5.74) is 0.359. The molecule has 1 aromatic heterocycles. The van der Waals surface area contributed by atoms with Crippen LogP contribution in [0.2, 0.25) is 0 Å². The summed E-state index contributed by atoms with van der Waals surface area (Å²) in [7, 11) is 0. The van der Waals surface area contributed by atoms with Crippen molar-refractivity contribution in [3.8, 4) is 0 Å². The smallest absolute Gasteiger partial charge is 0.311 e. The summed E-state index contributed by atoms with van der Waals surface area (Å²) in [6, 6.07) is -0.454. The predicted octanol–water partition coefficient (Wildman–Crippen LogP) is 0.545. The second kappa shape index (κ2) is 5.40. The zero-order chi connectivity index (χ0) is 14.0. The molecule has 104 valence electrons. The van der Waals surface area contributed by atoms with Crippen LogP contribution in [0.15, 0.2) is 10.7 Å². The average Bonchev–Trinajstić information content (AvgIpc) is 2.98. The highest BCUT2D eigenvalue weighted by molar-refractivity contribution is 5.95. The molecule has 2 atom stereocenters. The maximum absolute atomic E-state index is 12.4. The number of carboxylic acid groups (broad SMARTS) is 1. The Bertz CT molecular complexity index is 484. The van der Waals surface area contributed by atoms with Crippen molar-refractivity contribution in [1.82, 2.24) is 10.1 Å². The first kappa shape index (κ1) is 13.5. The Hall–Kier alpha value is -1.89. The van der Waals surface area contributed by atoms with Gasteiger partial charge in [0.05, 0.1) is 25.5 Å². The number of hydrogen-bond acceptors (Lipinski definition) is 5. The molecule has 7 nitrogen and oxygen atoms in total. The van der Waals surface area contributed by atoms with Gasteiger partial charge in [-0.1, -0.05) is 5.16 Å². The molecule has 0 aliphatic carbocycles. The van der Waals surface area contributed by atoms with Crippen LogP contribution in [0.25, 0.3) is 0 Å². The molecule has 7 heteroatoms. The quantitative estimate of drug-likeness (QED) is 0.857. The van der Waals surface area contributed by atoms with Gasteiger partial charge in [-0.3, -0.25) is 9.59 Å². The van der Waals surface area contributed by atoms with E-state index >= 15 is 0 Å². The molecule has 0 aromatic carbocycles. The molecule has 0 spiro atoms. The molecule has 1 aromatic rings. The Morgan fingerprint density at radius 3 is 2.79 bits per heavy atom. The Balaban J connectivity index is 2.23. The van der Waals surface area contributed by atoms with E-state index in [2.05, 4.69) is 5.16 Å². The second-order valence-electron chi connectivity index (χ2n) is 4.44. The van der Waals surface area contributed by atoms with Gasteiger partial charge in [0.2, 0.25) is 0 Å². The van der Waals surface area contributed by atoms with E-state index in [0.29, 0.717) is 17.9 Å². The van der Waals surface area contributed by atoms with Crippen molar-refractivity contribution in [2.75, 3.05) is 19.8 Å². The van der Waals surface area contributed by atoms with Gasteiger partial charge in [0, 0.05) is 6.54 Å². The number of hydrogen-bond donors (Lipinski definition) is 1. The van der Waals surface area contributed by atoms with Crippen LogP contribution in [-0.4, -0.2) is 52.8 Å². The van der Waals surface area contributed by atoms with Gasteiger partial charge in [-0.15, -0.1) is 0 Å². The maximum atomic E-state index is 12.4. The number of carbonyl (C=O) groups excluding carboxylic acids is 1. The standard InChI is InChI=1S/C12H16N2O5/c1-3-14(10-6-18-5-9(10)12(16)17)11(15)8-4-13-19-7(8)2/h4,9-10H,3,5-6H2,1-2H3,(H,16,17). The Morgan fingerprint density at radius 1 is 1.53 bits per heavy atom. The van der Waals surface area contributed by atoms with E-state index in [0.717, 1.165) is 0 Å². The summed E-state index contributed by atoms with van der Waals surface area (Å²) in [5.74, 6) is -1.49. The lowest BCUT2D eigenvalue weighted by atomic mass is 10.0. The minimum Gasteiger partial charge on any atom is -0.481 e. The van der Waals surface area contributed by atoms with Crippen LogP contribution >= 0.6 is 0 Å². The van der Waals surface area contributed by atoms with Gasteiger partial charge >= 0.3 is 5.97 Å². The zero-order valence-electron chi connectivity index (χ0n) is 10.8. The van der Waals surface area contributed by atoms with Crippen molar-refractivity contribution in [3.05, 3.63) is 17.5 Å². The molecule has 1 amide bonds. The minimum atomic E-state index is -0.948. The molecule has 0 bridgehead atoms. The molecular formula is C12H16N2O5. The van der Waals surface area contributed by atoms with Crippen molar-refractivity contribution in [2.45, 2.75) is 19.9 Å². The van der Waals surface area contributed by atoms with Gasteiger partial charge in [-0.25, -0.2) is 0 Å². The van der Waals surface area contributed by atoms with E-state index in [1.807, 2.05) is 0 Å². The molecule has 2 heterocycles. The molecule has 0 radical (unpaired) electrons. The highest BCUT2D eigenvalue weighted by Gasteiger charge is 2.40. The number of likely N-dealkylation sites (N-methyl/N-ethyl adjacent to an activating group) is 1. The number of nitrogens with zero attached hydrogens (tertiary/aromatic N) is 2. The van der Waals surface area contributed by atoms with Gasteiger partial charge in [-0.2, -0.15) is 0 Å². The predicted molar refractivity (Wildman–Crippen MR) is 63.7 cm³/mol. The highest BCUT2D eigenvalue weighted by Crippen LogP contribution is 2.22. The van der Waals surface area contributed by atoms with Crippen LogP contribution in [-0.2, 0) is 9.53 Å². The van der Waals surface area contributed by atoms with E-state index in [1.165, 1.54) is 11.1 Å². The lowest BCUT2D eigenvalue weighted by Crippen LogP contribution is -2.46. The summed E-state index contributed by atoms with van der Waals surface area (Å²) in [6.45, 7) is 4.22. The fourth-order valence-corrected chi connectivity index (χ4v) is 2.27. The van der Waals surface area contributed by atoms with E-state index in [-0.39, 0.29) is 19.1 Å². The molecular weight excluding hydrogens is 252 g/mol. The molecule has 19 heavy (non-hydrogen) atoms. The van der Waals surface area contributed by atoms with Crippen LogP contribution in [0.4, 0.5) is 0 Å². The fourth-order valence-electron chi connectivity index (χ4n) is 2.27. The van der Waals surface area contributed by atoms with Gasteiger partial charge in [-0.05, 0) is 13.8 Å². The number of aromatic nitrogens is 1. The number of ether oxygens (including phenoxy) is 1. The molecule has 1 aliphatic heterocycles. The van der Waals surface area contributed by atoms with E-state index < -0.39 is 17.9 Å². The summed E-state index contributed by atoms with van der Waals surface area (Å²) in [6.07, 6.45) is 1.35. The summed E-state index contributed by atoms with van der Waals surface area (Å²) < 4.78 is 10.1. The van der Waals surface area contributed by atoms with Crippen LogP contribution in [0.1, 0.15) is 23.0 Å². The molecule has 0 saturated carbocycles. The van der Waals surface area contributed by atoms with Crippen molar-refractivity contribution < 1.29 is 24.0 Å². The summed E-state index contributed by atoms with van der Waals surface area (Å²) in [4.78, 5) is 25.1. The molecule has 1 saturated heterocycles. The van der Waals surface area contributed by atoms with Crippen LogP contribution in [0.5, 0.6) is 0 Å². The Morgan fingerprint density at radius 2 is 2.26 bits per heavy atom. The third-order valence-corrected chi connectivity index (χ3v) is 3.35. The number of rotatable bonds is 4. The first-order valence-electron chi connectivity index (χ1n) is 6.09. The average molecular weight is 268 g/mol. The number of amides is 1. The van der Waals surface area contributed by atoms with Crippen LogP contribution in [0.3, 0.4) is 0 Å². The topological polar surface area (TPSA) is 92.9 Å². The molecule has 1 N–H and O–H groups in total. The molecule has 1 fully saturated rings. The fraction of sp³-hybridized carbons (Fsp3) is 0.583. The zero-order valence-corrected chi connectivity index (χ0v) is 10.8. The summed E-state index contributed by atoms with van der Waals surface area (Å²) >= 11 is 0. The lowest BCUT2D eigenvalue weighted by Gasteiger charge is -2.28. The highest BCUT2D eigenvalue weighted by atomic mass is 16.5. The first-order chi connectivity index (χ1) is 9.06. The summed E-state index contributed by atoms with van der Waals surface area (Å²) in [5, 5.41) is 12.7. The number of carbonyl (C=O) groups is 2. The van der Waals surface area contributed by atoms with Crippen LogP contribution in [0, 0.1) is 12.8 Å². The third kappa shape index (κ3) is 2.46. The van der Waals surface area contributed by atoms with E-state index in [1.54, 1.807) is 13.8 Å². The SMILES string of the molecule is CCN(C(=O)c1cnoc1C)C1COCC1C(=O)O. The van der Waals surface area contributed by atoms with E-state index in [9.17, 15) is 9.59 Å². The Kier molecular flexibility index (Phi) is 3.84. The van der Waals surface area contributed by atoms with Crippen molar-refractivity contribution in [3.63, 3.8) is 0 Å². The van der Waals surface area contributed by atoms with E-state index in [4.69, 9.17) is 14.4 Å². The number of aryl methyl sites for hydroxylation is 1. The second-order valence-corrected chi connectivity index (χ2v) is 4.44. The lowest BCUT2D eigenvalue weighted by molar-refractivity contribution is -0.142. The maximum Gasteiger partial charge on any atom is 0.311 e. The normalized spacial score (nSPS) is 22.4. The Labute approximate surface area is 110 Å². The van der Waals surface area contributed by atoms with Crippen molar-refractivity contribution in [2.24, 2.45) is 5.92 Å². The first-order valence-corrected chi connectivity index (χ1v) is 6.09. The molecule has 2 rings (SSSR count). The van der Waals surface area contributed by atoms with Gasteiger partial charge in [0.15, 0.2) is 0 Å². The largest absolute Gasteiger partial charge is 0.481 e. The van der Waals surface area contributed by atoms with Crippen LogP contribution < -0.4 is 0 Å². The van der Waals surface area contributed by atoms with Crippen molar-refractivity contribution >= 4 is 11.9 Å². The molecule has 1 aliphatic rings. The minimum absolute atomic E-state index is 0.131. The van der Waals surface area contributed by atoms with Gasteiger partial charge in [0.25, 0.3) is 5.91 Å². The number of aliphatic carboxylic acids is 1. The van der Waals surface area contributed by atoms with Gasteiger partial charge < -0.3 is 19.3 Å². The third-order valence-electron chi connectivity index (χ3n) is 3.35.